The number of ketones is 1. The number of nitrogens with zero attached hydrogens (tertiary/aromatic N) is 2. The Balaban J connectivity index is 1.53. The first-order valence-electron chi connectivity index (χ1n) is 13.3. The number of carbonyl (C=O) groups is 2. The monoisotopic (exact) mass is 484 g/mol. The summed E-state index contributed by atoms with van der Waals surface area (Å²) in [4.78, 5) is 34.4. The van der Waals surface area contributed by atoms with Crippen LogP contribution in [0.15, 0.2) is 70.9 Å². The Kier molecular flexibility index (Phi) is 7.08. The Bertz CT molecular complexity index is 1170. The maximum absolute atomic E-state index is 13.7. The molecule has 5 nitrogen and oxygen atoms in total. The highest BCUT2D eigenvalue weighted by molar-refractivity contribution is 6.09. The van der Waals surface area contributed by atoms with Crippen molar-refractivity contribution in [1.82, 2.24) is 0 Å². The first-order chi connectivity index (χ1) is 17.4. The zero-order valence-electron chi connectivity index (χ0n) is 21.6. The van der Waals surface area contributed by atoms with E-state index in [1.807, 2.05) is 44.1 Å². The summed E-state index contributed by atoms with van der Waals surface area (Å²) in [6.45, 7) is 1.92. The second kappa shape index (κ2) is 10.4. The molecule has 0 saturated heterocycles. The molecular weight excluding hydrogens is 448 g/mol. The molecule has 2 aliphatic carbocycles. The van der Waals surface area contributed by atoms with Crippen molar-refractivity contribution < 1.29 is 14.3 Å². The highest BCUT2D eigenvalue weighted by atomic mass is 16.5. The standard InChI is InChI=1S/C31H36N2O3/c1-20-28(31(35)36-25-12-8-5-9-13-25)29(22-14-16-24(17-15-22)33(2)3)30-26(32-20)18-23(19-27(30)34)21-10-6-4-7-11-21/h4,6-7,10-11,14-17,23,25,28-29H,5,8-9,12-13,18-19H2,1-3H3/t23-,28?,29-/m0/s1. The molecule has 5 heteroatoms. The van der Waals surface area contributed by atoms with Crippen LogP contribution >= 0.6 is 0 Å². The molecule has 188 valence electrons. The Labute approximate surface area is 214 Å². The summed E-state index contributed by atoms with van der Waals surface area (Å²) < 4.78 is 6.06. The van der Waals surface area contributed by atoms with Crippen LogP contribution in [0.25, 0.3) is 0 Å². The van der Waals surface area contributed by atoms with Crippen molar-refractivity contribution >= 4 is 23.2 Å². The maximum atomic E-state index is 13.7. The van der Waals surface area contributed by atoms with Crippen LogP contribution in [0.1, 0.15) is 74.8 Å². The molecule has 0 radical (unpaired) electrons. The summed E-state index contributed by atoms with van der Waals surface area (Å²) in [5, 5.41) is 0. The number of allylic oxidation sites excluding steroid dienone is 2. The lowest BCUT2D eigenvalue weighted by molar-refractivity contribution is -0.153. The number of ether oxygens (including phenoxy) is 1. The normalized spacial score (nSPS) is 24.7. The van der Waals surface area contributed by atoms with Crippen molar-refractivity contribution in [2.24, 2.45) is 10.9 Å². The quantitative estimate of drug-likeness (QED) is 0.474. The summed E-state index contributed by atoms with van der Waals surface area (Å²) in [7, 11) is 4.01. The molecule has 1 fully saturated rings. The molecule has 0 spiro atoms. The average Bonchev–Trinajstić information content (AvgIpc) is 2.89. The van der Waals surface area contributed by atoms with Gasteiger partial charge in [0.2, 0.25) is 0 Å². The van der Waals surface area contributed by atoms with Gasteiger partial charge in [0, 0.05) is 49.1 Å². The Morgan fingerprint density at radius 2 is 1.61 bits per heavy atom. The number of esters is 1. The van der Waals surface area contributed by atoms with Crippen molar-refractivity contribution in [2.75, 3.05) is 19.0 Å². The molecule has 2 aromatic rings. The number of aliphatic imine (C=N–C) groups is 1. The minimum absolute atomic E-state index is 0.0317. The first-order valence-corrected chi connectivity index (χ1v) is 13.3. The number of hydrogen-bond donors (Lipinski definition) is 0. The number of benzene rings is 2. The number of carbonyl (C=O) groups excluding carboxylic acids is 2. The molecule has 36 heavy (non-hydrogen) atoms. The van der Waals surface area contributed by atoms with Gasteiger partial charge in [0.1, 0.15) is 12.0 Å². The van der Waals surface area contributed by atoms with Gasteiger partial charge in [-0.05, 0) is 68.2 Å². The van der Waals surface area contributed by atoms with Crippen LogP contribution in [0.3, 0.4) is 0 Å². The van der Waals surface area contributed by atoms with Crippen molar-refractivity contribution in [3.8, 4) is 0 Å². The van der Waals surface area contributed by atoms with Crippen LogP contribution in [-0.4, -0.2) is 37.7 Å². The second-order valence-electron chi connectivity index (χ2n) is 10.7. The van der Waals surface area contributed by atoms with Gasteiger partial charge in [0.05, 0.1) is 0 Å². The van der Waals surface area contributed by atoms with Crippen LogP contribution < -0.4 is 4.90 Å². The van der Waals surface area contributed by atoms with Gasteiger partial charge in [-0.25, -0.2) is 0 Å². The highest BCUT2D eigenvalue weighted by Crippen LogP contribution is 2.47. The summed E-state index contributed by atoms with van der Waals surface area (Å²) in [6, 6.07) is 18.4. The molecule has 0 bridgehead atoms. The topological polar surface area (TPSA) is 59.0 Å². The molecule has 5 rings (SSSR count). The molecule has 1 aliphatic heterocycles. The van der Waals surface area contributed by atoms with E-state index in [0.29, 0.717) is 18.4 Å². The van der Waals surface area contributed by atoms with Gasteiger partial charge in [0.15, 0.2) is 5.78 Å². The van der Waals surface area contributed by atoms with E-state index in [9.17, 15) is 9.59 Å². The van der Waals surface area contributed by atoms with Gasteiger partial charge < -0.3 is 9.64 Å². The second-order valence-corrected chi connectivity index (χ2v) is 10.7. The fraction of sp³-hybridized carbons (Fsp3) is 0.452. The average molecular weight is 485 g/mol. The van der Waals surface area contributed by atoms with Crippen LogP contribution in [0.2, 0.25) is 0 Å². The van der Waals surface area contributed by atoms with Crippen LogP contribution in [0.4, 0.5) is 5.69 Å². The van der Waals surface area contributed by atoms with Gasteiger partial charge >= 0.3 is 5.97 Å². The molecule has 2 aromatic carbocycles. The predicted molar refractivity (Wildman–Crippen MR) is 144 cm³/mol. The van der Waals surface area contributed by atoms with E-state index in [-0.39, 0.29) is 29.7 Å². The lowest BCUT2D eigenvalue weighted by Gasteiger charge is -2.37. The third-order valence-corrected chi connectivity index (χ3v) is 8.02. The maximum Gasteiger partial charge on any atom is 0.315 e. The zero-order chi connectivity index (χ0) is 25.2. The zero-order valence-corrected chi connectivity index (χ0v) is 21.6. The van der Waals surface area contributed by atoms with E-state index >= 15 is 0 Å². The van der Waals surface area contributed by atoms with Crippen molar-refractivity contribution in [3.63, 3.8) is 0 Å². The molecule has 0 aromatic heterocycles. The molecule has 0 N–H and O–H groups in total. The lowest BCUT2D eigenvalue weighted by Crippen LogP contribution is -2.39. The summed E-state index contributed by atoms with van der Waals surface area (Å²) in [6.07, 6.45) is 6.35. The number of hydrogen-bond acceptors (Lipinski definition) is 5. The lowest BCUT2D eigenvalue weighted by atomic mass is 9.69. The van der Waals surface area contributed by atoms with Gasteiger partial charge in [-0.3, -0.25) is 14.6 Å². The molecule has 0 amide bonds. The van der Waals surface area contributed by atoms with Gasteiger partial charge in [-0.15, -0.1) is 0 Å². The molecule has 1 heterocycles. The minimum Gasteiger partial charge on any atom is -0.462 e. The van der Waals surface area contributed by atoms with E-state index in [2.05, 4.69) is 36.4 Å². The third-order valence-electron chi connectivity index (χ3n) is 8.02. The molecule has 1 saturated carbocycles. The number of anilines is 1. The largest absolute Gasteiger partial charge is 0.462 e. The fourth-order valence-electron chi connectivity index (χ4n) is 6.09. The smallest absolute Gasteiger partial charge is 0.315 e. The third kappa shape index (κ3) is 4.88. The van der Waals surface area contributed by atoms with Crippen molar-refractivity contribution in [1.29, 1.82) is 0 Å². The van der Waals surface area contributed by atoms with E-state index < -0.39 is 5.92 Å². The fourth-order valence-corrected chi connectivity index (χ4v) is 6.09. The highest BCUT2D eigenvalue weighted by Gasteiger charge is 2.45. The summed E-state index contributed by atoms with van der Waals surface area (Å²) in [5.74, 6) is -0.980. The van der Waals surface area contributed by atoms with E-state index in [4.69, 9.17) is 9.73 Å². The Morgan fingerprint density at radius 3 is 2.28 bits per heavy atom. The predicted octanol–water partition coefficient (Wildman–Crippen LogP) is 6.20. The van der Waals surface area contributed by atoms with Gasteiger partial charge in [-0.1, -0.05) is 48.9 Å². The minimum atomic E-state index is -0.576. The first kappa shape index (κ1) is 24.5. The van der Waals surface area contributed by atoms with E-state index in [1.54, 1.807) is 0 Å². The molecular formula is C31H36N2O3. The molecule has 3 aliphatic rings. The van der Waals surface area contributed by atoms with Crippen LogP contribution in [0, 0.1) is 5.92 Å². The van der Waals surface area contributed by atoms with E-state index in [1.165, 1.54) is 6.42 Å². The molecule has 3 atom stereocenters. The number of Topliss-reactive ketones (excluding diaryl/α,β-unsaturated/α-hetero) is 1. The summed E-state index contributed by atoms with van der Waals surface area (Å²) in [5.41, 5.74) is 5.50. The Hall–Kier alpha value is -3.21. The van der Waals surface area contributed by atoms with Gasteiger partial charge in [0.25, 0.3) is 0 Å². The van der Waals surface area contributed by atoms with Gasteiger partial charge in [-0.2, -0.15) is 0 Å². The van der Waals surface area contributed by atoms with E-state index in [0.717, 1.165) is 53.9 Å². The Morgan fingerprint density at radius 1 is 0.917 bits per heavy atom. The van der Waals surface area contributed by atoms with Crippen molar-refractivity contribution in [3.05, 3.63) is 77.0 Å². The SMILES string of the molecule is CC1=NC2=C(C(=O)C[C@@H](c3ccccc3)C2)[C@@H](c2ccc(N(C)C)cc2)C1C(=O)OC1CCCCC1. The van der Waals surface area contributed by atoms with Crippen LogP contribution in [-0.2, 0) is 14.3 Å². The molecule has 1 unspecified atom stereocenters. The summed E-state index contributed by atoms with van der Waals surface area (Å²) >= 11 is 0. The van der Waals surface area contributed by atoms with Crippen molar-refractivity contribution in [2.45, 2.75) is 69.8 Å². The van der Waals surface area contributed by atoms with Crippen LogP contribution in [0.5, 0.6) is 0 Å². The number of rotatable bonds is 5.